The monoisotopic (exact) mass is 321 g/mol. The highest BCUT2D eigenvalue weighted by molar-refractivity contribution is 5.95. The van der Waals surface area contributed by atoms with Crippen LogP contribution in [0.5, 0.6) is 0 Å². The summed E-state index contributed by atoms with van der Waals surface area (Å²) in [6, 6.07) is 1.60. The van der Waals surface area contributed by atoms with Crippen LogP contribution in [0.2, 0.25) is 0 Å². The third kappa shape index (κ3) is 5.41. The smallest absolute Gasteiger partial charge is 0.303 e. The first-order valence-electron chi connectivity index (χ1n) is 8.69. The number of amides is 1. The fourth-order valence-corrected chi connectivity index (χ4v) is 3.45. The fourth-order valence-electron chi connectivity index (χ4n) is 3.45. The van der Waals surface area contributed by atoms with E-state index in [4.69, 9.17) is 9.52 Å². The van der Waals surface area contributed by atoms with E-state index in [0.29, 0.717) is 30.1 Å². The summed E-state index contributed by atoms with van der Waals surface area (Å²) in [4.78, 5) is 23.3. The molecule has 0 bridgehead atoms. The van der Waals surface area contributed by atoms with E-state index in [-0.39, 0.29) is 18.4 Å². The molecule has 23 heavy (non-hydrogen) atoms. The Morgan fingerprint density at radius 1 is 1.35 bits per heavy atom. The standard InChI is InChI=1S/C18H27NO4/c1-2-16-15(10-11-23-16)18(22)19-14(8-9-17(20)21)12-13-6-4-3-5-7-13/h10-11,13-14H,2-9,12H2,1H3,(H,19,22)(H,20,21). The lowest BCUT2D eigenvalue weighted by molar-refractivity contribution is -0.137. The Hall–Kier alpha value is -1.78. The molecule has 1 amide bonds. The Morgan fingerprint density at radius 3 is 2.74 bits per heavy atom. The molecule has 1 heterocycles. The maximum Gasteiger partial charge on any atom is 0.303 e. The van der Waals surface area contributed by atoms with E-state index in [1.807, 2.05) is 6.92 Å². The van der Waals surface area contributed by atoms with Gasteiger partial charge in [0.1, 0.15) is 5.76 Å². The van der Waals surface area contributed by atoms with Crippen LogP contribution in [0, 0.1) is 5.92 Å². The number of carbonyl (C=O) groups excluding carboxylic acids is 1. The van der Waals surface area contributed by atoms with Crippen molar-refractivity contribution in [3.05, 3.63) is 23.7 Å². The number of carboxylic acid groups (broad SMARTS) is 1. The highest BCUT2D eigenvalue weighted by Gasteiger charge is 2.23. The van der Waals surface area contributed by atoms with Gasteiger partial charge in [0.05, 0.1) is 11.8 Å². The third-order valence-corrected chi connectivity index (χ3v) is 4.70. The van der Waals surface area contributed by atoms with E-state index in [9.17, 15) is 9.59 Å². The number of aliphatic carboxylic acids is 1. The minimum atomic E-state index is -0.814. The van der Waals surface area contributed by atoms with Crippen molar-refractivity contribution in [2.75, 3.05) is 0 Å². The van der Waals surface area contributed by atoms with Crippen molar-refractivity contribution in [3.63, 3.8) is 0 Å². The molecule has 0 aliphatic heterocycles. The van der Waals surface area contributed by atoms with Crippen LogP contribution in [-0.4, -0.2) is 23.0 Å². The summed E-state index contributed by atoms with van der Waals surface area (Å²) < 4.78 is 5.31. The zero-order valence-corrected chi connectivity index (χ0v) is 13.8. The lowest BCUT2D eigenvalue weighted by Gasteiger charge is -2.27. The molecule has 1 aromatic rings. The van der Waals surface area contributed by atoms with Gasteiger partial charge in [-0.1, -0.05) is 39.0 Å². The molecule has 1 aliphatic carbocycles. The lowest BCUT2D eigenvalue weighted by Crippen LogP contribution is -2.37. The van der Waals surface area contributed by atoms with Gasteiger partial charge in [-0.25, -0.2) is 0 Å². The minimum absolute atomic E-state index is 0.0821. The fraction of sp³-hybridized carbons (Fsp3) is 0.667. The predicted octanol–water partition coefficient (Wildman–Crippen LogP) is 3.78. The van der Waals surface area contributed by atoms with Crippen LogP contribution in [0.4, 0.5) is 0 Å². The van der Waals surface area contributed by atoms with Gasteiger partial charge in [0.2, 0.25) is 0 Å². The lowest BCUT2D eigenvalue weighted by atomic mass is 9.84. The molecule has 0 spiro atoms. The van der Waals surface area contributed by atoms with Crippen molar-refractivity contribution in [2.24, 2.45) is 5.92 Å². The average Bonchev–Trinajstić information content (AvgIpc) is 3.02. The summed E-state index contributed by atoms with van der Waals surface area (Å²) in [6.07, 6.45) is 9.78. The van der Waals surface area contributed by atoms with Crippen LogP contribution in [0.15, 0.2) is 16.7 Å². The number of rotatable bonds is 8. The van der Waals surface area contributed by atoms with Crippen LogP contribution >= 0.6 is 0 Å². The van der Waals surface area contributed by atoms with Crippen molar-refractivity contribution >= 4 is 11.9 Å². The van der Waals surface area contributed by atoms with E-state index < -0.39 is 5.97 Å². The van der Waals surface area contributed by atoms with Crippen molar-refractivity contribution in [1.29, 1.82) is 0 Å². The molecule has 1 saturated carbocycles. The molecule has 1 fully saturated rings. The number of furan rings is 1. The van der Waals surface area contributed by atoms with E-state index in [0.717, 1.165) is 6.42 Å². The molecule has 1 aromatic heterocycles. The normalized spacial score (nSPS) is 16.9. The molecule has 5 heteroatoms. The Labute approximate surface area is 137 Å². The van der Waals surface area contributed by atoms with Gasteiger partial charge in [0.15, 0.2) is 0 Å². The van der Waals surface area contributed by atoms with Crippen molar-refractivity contribution in [3.8, 4) is 0 Å². The maximum absolute atomic E-state index is 12.5. The summed E-state index contributed by atoms with van der Waals surface area (Å²) in [7, 11) is 0. The van der Waals surface area contributed by atoms with Crippen LogP contribution < -0.4 is 5.32 Å². The number of carboxylic acids is 1. The Kier molecular flexibility index (Phi) is 6.68. The first kappa shape index (κ1) is 17.6. The molecule has 1 unspecified atom stereocenters. The maximum atomic E-state index is 12.5. The molecule has 1 atom stereocenters. The van der Waals surface area contributed by atoms with Crippen LogP contribution in [-0.2, 0) is 11.2 Å². The van der Waals surface area contributed by atoms with Crippen molar-refractivity contribution in [2.45, 2.75) is 70.8 Å². The van der Waals surface area contributed by atoms with Gasteiger partial charge in [0, 0.05) is 18.9 Å². The molecule has 0 saturated heterocycles. The van der Waals surface area contributed by atoms with Crippen LogP contribution in [0.3, 0.4) is 0 Å². The van der Waals surface area contributed by atoms with Gasteiger partial charge in [-0.15, -0.1) is 0 Å². The Morgan fingerprint density at radius 2 is 2.09 bits per heavy atom. The first-order valence-corrected chi connectivity index (χ1v) is 8.69. The zero-order valence-electron chi connectivity index (χ0n) is 13.8. The predicted molar refractivity (Wildman–Crippen MR) is 87.4 cm³/mol. The first-order chi connectivity index (χ1) is 11.1. The molecular weight excluding hydrogens is 294 g/mol. The average molecular weight is 321 g/mol. The summed E-state index contributed by atoms with van der Waals surface area (Å²) in [5.41, 5.74) is 0.566. The van der Waals surface area contributed by atoms with Gasteiger partial charge in [-0.05, 0) is 24.8 Å². The number of hydrogen-bond acceptors (Lipinski definition) is 3. The van der Waals surface area contributed by atoms with Gasteiger partial charge < -0.3 is 14.8 Å². The topological polar surface area (TPSA) is 79.5 Å². The highest BCUT2D eigenvalue weighted by Crippen LogP contribution is 2.28. The SMILES string of the molecule is CCc1occc1C(=O)NC(CCC(=O)O)CC1CCCCC1. The number of nitrogens with one attached hydrogen (secondary N) is 1. The van der Waals surface area contributed by atoms with E-state index >= 15 is 0 Å². The van der Waals surface area contributed by atoms with Crippen LogP contribution in [0.25, 0.3) is 0 Å². The number of hydrogen-bond donors (Lipinski definition) is 2. The molecule has 0 radical (unpaired) electrons. The Bertz CT molecular complexity index is 517. The summed E-state index contributed by atoms with van der Waals surface area (Å²) >= 11 is 0. The second-order valence-corrected chi connectivity index (χ2v) is 6.45. The summed E-state index contributed by atoms with van der Waals surface area (Å²) in [5, 5.41) is 12.0. The second kappa shape index (κ2) is 8.75. The number of carbonyl (C=O) groups is 2. The minimum Gasteiger partial charge on any atom is -0.481 e. The van der Waals surface area contributed by atoms with E-state index in [2.05, 4.69) is 5.32 Å². The molecule has 2 rings (SSSR count). The largest absolute Gasteiger partial charge is 0.481 e. The van der Waals surface area contributed by atoms with Crippen LogP contribution in [0.1, 0.15) is 74.4 Å². The molecule has 5 nitrogen and oxygen atoms in total. The van der Waals surface area contributed by atoms with Gasteiger partial charge in [0.25, 0.3) is 5.91 Å². The molecule has 1 aliphatic rings. The van der Waals surface area contributed by atoms with E-state index in [1.54, 1.807) is 6.07 Å². The van der Waals surface area contributed by atoms with E-state index in [1.165, 1.54) is 38.4 Å². The zero-order chi connectivity index (χ0) is 16.7. The summed E-state index contributed by atoms with van der Waals surface area (Å²) in [6.45, 7) is 1.94. The molecule has 2 N–H and O–H groups in total. The van der Waals surface area contributed by atoms with Gasteiger partial charge >= 0.3 is 5.97 Å². The van der Waals surface area contributed by atoms with Crippen molar-refractivity contribution in [1.82, 2.24) is 5.32 Å². The summed E-state index contributed by atoms with van der Waals surface area (Å²) in [5.74, 6) is 0.308. The molecule has 128 valence electrons. The number of aryl methyl sites for hydroxylation is 1. The molecule has 0 aromatic carbocycles. The quantitative estimate of drug-likeness (QED) is 0.763. The van der Waals surface area contributed by atoms with Gasteiger partial charge in [-0.2, -0.15) is 0 Å². The Balaban J connectivity index is 1.97. The highest BCUT2D eigenvalue weighted by atomic mass is 16.4. The van der Waals surface area contributed by atoms with Gasteiger partial charge in [-0.3, -0.25) is 9.59 Å². The second-order valence-electron chi connectivity index (χ2n) is 6.45. The molecular formula is C18H27NO4. The third-order valence-electron chi connectivity index (χ3n) is 4.70. The van der Waals surface area contributed by atoms with Crippen molar-refractivity contribution < 1.29 is 19.1 Å².